The highest BCUT2D eigenvalue weighted by Crippen LogP contribution is 2.16. The highest BCUT2D eigenvalue weighted by molar-refractivity contribution is 9.09. The van der Waals surface area contributed by atoms with E-state index in [1.807, 2.05) is 13.8 Å². The molecular formula is C12H17BrFNO2S. The quantitative estimate of drug-likeness (QED) is 0.811. The molecule has 0 bridgehead atoms. The lowest BCUT2D eigenvalue weighted by Crippen LogP contribution is -2.37. The molecule has 0 heterocycles. The summed E-state index contributed by atoms with van der Waals surface area (Å²) in [7, 11) is -3.80. The Morgan fingerprint density at radius 1 is 1.33 bits per heavy atom. The van der Waals surface area contributed by atoms with Gasteiger partial charge in [-0.3, -0.25) is 0 Å². The van der Waals surface area contributed by atoms with Crippen molar-refractivity contribution < 1.29 is 12.8 Å². The van der Waals surface area contributed by atoms with Gasteiger partial charge in [-0.25, -0.2) is 17.5 Å². The highest BCUT2D eigenvalue weighted by Gasteiger charge is 2.22. The van der Waals surface area contributed by atoms with Gasteiger partial charge in [-0.15, -0.1) is 0 Å². The van der Waals surface area contributed by atoms with Crippen LogP contribution in [-0.2, 0) is 10.0 Å². The molecule has 1 N–H and O–H groups in total. The van der Waals surface area contributed by atoms with Gasteiger partial charge in [-0.2, -0.15) is 0 Å². The largest absolute Gasteiger partial charge is 0.243 e. The monoisotopic (exact) mass is 337 g/mol. The zero-order valence-electron chi connectivity index (χ0n) is 10.4. The van der Waals surface area contributed by atoms with Crippen LogP contribution in [0.1, 0.15) is 20.3 Å². The summed E-state index contributed by atoms with van der Waals surface area (Å²) in [6.07, 6.45) is 0.693. The first kappa shape index (κ1) is 15.6. The van der Waals surface area contributed by atoms with Crippen LogP contribution < -0.4 is 4.72 Å². The van der Waals surface area contributed by atoms with Gasteiger partial charge in [0.1, 0.15) is 10.7 Å². The molecule has 0 aliphatic carbocycles. The van der Waals surface area contributed by atoms with Crippen molar-refractivity contribution in [1.29, 1.82) is 0 Å². The number of hydrogen-bond acceptors (Lipinski definition) is 2. The van der Waals surface area contributed by atoms with E-state index in [1.54, 1.807) is 0 Å². The topological polar surface area (TPSA) is 46.2 Å². The Morgan fingerprint density at radius 2 is 1.94 bits per heavy atom. The van der Waals surface area contributed by atoms with E-state index in [0.717, 1.165) is 6.07 Å². The molecule has 0 aromatic heterocycles. The molecule has 1 aromatic rings. The van der Waals surface area contributed by atoms with Crippen molar-refractivity contribution in [2.24, 2.45) is 5.92 Å². The van der Waals surface area contributed by atoms with E-state index in [9.17, 15) is 12.8 Å². The molecule has 18 heavy (non-hydrogen) atoms. The Hall–Kier alpha value is -0.460. The van der Waals surface area contributed by atoms with Gasteiger partial charge in [-0.05, 0) is 24.5 Å². The first-order valence-corrected chi connectivity index (χ1v) is 8.30. The third-order valence-electron chi connectivity index (χ3n) is 2.39. The summed E-state index contributed by atoms with van der Waals surface area (Å²) < 4.78 is 40.1. The molecule has 1 unspecified atom stereocenters. The van der Waals surface area contributed by atoms with Crippen LogP contribution >= 0.6 is 15.9 Å². The van der Waals surface area contributed by atoms with Crippen molar-refractivity contribution in [3.8, 4) is 0 Å². The molecule has 0 radical (unpaired) electrons. The van der Waals surface area contributed by atoms with E-state index in [-0.39, 0.29) is 10.9 Å². The second-order valence-corrected chi connectivity index (χ2v) is 6.86. The van der Waals surface area contributed by atoms with Crippen molar-refractivity contribution >= 4 is 26.0 Å². The van der Waals surface area contributed by atoms with Gasteiger partial charge in [0.15, 0.2) is 0 Å². The van der Waals surface area contributed by atoms with E-state index in [4.69, 9.17) is 0 Å². The summed E-state index contributed by atoms with van der Waals surface area (Å²) >= 11 is 3.27. The number of alkyl halides is 1. The second-order valence-electron chi connectivity index (χ2n) is 4.53. The fourth-order valence-electron chi connectivity index (χ4n) is 1.66. The van der Waals surface area contributed by atoms with Crippen molar-refractivity contribution in [2.45, 2.75) is 31.2 Å². The molecule has 102 valence electrons. The molecule has 1 aromatic carbocycles. The number of benzene rings is 1. The predicted molar refractivity (Wildman–Crippen MR) is 73.8 cm³/mol. The van der Waals surface area contributed by atoms with E-state index < -0.39 is 15.8 Å². The summed E-state index contributed by atoms with van der Waals surface area (Å²) in [6, 6.07) is 5.13. The van der Waals surface area contributed by atoms with Gasteiger partial charge in [0.25, 0.3) is 0 Å². The standard InChI is InChI=1S/C12H17BrFNO2S/c1-9(2)7-10(8-13)15-18(16,17)12-6-4-3-5-11(12)14/h3-6,9-10,15H,7-8H2,1-2H3. The van der Waals surface area contributed by atoms with Gasteiger partial charge >= 0.3 is 0 Å². The Bertz CT molecular complexity index is 491. The molecule has 1 rings (SSSR count). The van der Waals surface area contributed by atoms with Crippen molar-refractivity contribution in [2.75, 3.05) is 5.33 Å². The van der Waals surface area contributed by atoms with Crippen LogP contribution in [0, 0.1) is 11.7 Å². The maximum Gasteiger partial charge on any atom is 0.243 e. The summed E-state index contributed by atoms with van der Waals surface area (Å²) in [4.78, 5) is -0.306. The normalized spacial score (nSPS) is 13.8. The molecule has 6 heteroatoms. The van der Waals surface area contributed by atoms with Crippen LogP contribution in [0.3, 0.4) is 0 Å². The van der Waals surface area contributed by atoms with Gasteiger partial charge in [0.2, 0.25) is 10.0 Å². The molecule has 0 saturated heterocycles. The third-order valence-corrected chi connectivity index (χ3v) is 4.73. The van der Waals surface area contributed by atoms with Gasteiger partial charge in [-0.1, -0.05) is 41.9 Å². The Morgan fingerprint density at radius 3 is 2.44 bits per heavy atom. The van der Waals surface area contributed by atoms with Crippen LogP contribution in [0.25, 0.3) is 0 Å². The third kappa shape index (κ3) is 4.33. The fourth-order valence-corrected chi connectivity index (χ4v) is 3.63. The molecule has 0 saturated carbocycles. The van der Waals surface area contributed by atoms with Gasteiger partial charge in [0.05, 0.1) is 0 Å². The Kier molecular flexibility index (Phi) is 5.75. The first-order chi connectivity index (χ1) is 8.36. The lowest BCUT2D eigenvalue weighted by molar-refractivity contribution is 0.485. The van der Waals surface area contributed by atoms with Crippen LogP contribution in [0.5, 0.6) is 0 Å². The maximum absolute atomic E-state index is 13.5. The van der Waals surface area contributed by atoms with Crippen LogP contribution in [0.2, 0.25) is 0 Å². The fraction of sp³-hybridized carbons (Fsp3) is 0.500. The van der Waals surface area contributed by atoms with Gasteiger partial charge < -0.3 is 0 Å². The number of rotatable bonds is 6. The molecule has 0 fully saturated rings. The molecule has 1 atom stereocenters. The smallest absolute Gasteiger partial charge is 0.207 e. The summed E-state index contributed by atoms with van der Waals surface area (Å²) in [5.74, 6) is -0.376. The minimum Gasteiger partial charge on any atom is -0.207 e. The van der Waals surface area contributed by atoms with E-state index >= 15 is 0 Å². The van der Waals surface area contributed by atoms with E-state index in [0.29, 0.717) is 17.7 Å². The Labute approximate surface area is 116 Å². The highest BCUT2D eigenvalue weighted by atomic mass is 79.9. The maximum atomic E-state index is 13.5. The number of hydrogen-bond donors (Lipinski definition) is 1. The summed E-state index contributed by atoms with van der Waals surface area (Å²) in [6.45, 7) is 4.01. The molecule has 0 amide bonds. The van der Waals surface area contributed by atoms with E-state index in [2.05, 4.69) is 20.7 Å². The average molecular weight is 338 g/mol. The number of sulfonamides is 1. The predicted octanol–water partition coefficient (Wildman–Crippen LogP) is 2.91. The molecule has 3 nitrogen and oxygen atoms in total. The summed E-state index contributed by atoms with van der Waals surface area (Å²) in [5, 5.41) is 0.499. The lowest BCUT2D eigenvalue weighted by Gasteiger charge is -2.18. The minimum absolute atomic E-state index is 0.241. The summed E-state index contributed by atoms with van der Waals surface area (Å²) in [5.41, 5.74) is 0. The number of halogens is 2. The van der Waals surface area contributed by atoms with Crippen LogP contribution in [0.15, 0.2) is 29.2 Å². The zero-order valence-corrected chi connectivity index (χ0v) is 12.8. The first-order valence-electron chi connectivity index (χ1n) is 5.69. The van der Waals surface area contributed by atoms with Gasteiger partial charge in [0, 0.05) is 11.4 Å². The van der Waals surface area contributed by atoms with Crippen LogP contribution in [0.4, 0.5) is 4.39 Å². The molecule has 0 spiro atoms. The lowest BCUT2D eigenvalue weighted by atomic mass is 10.1. The molecular weight excluding hydrogens is 321 g/mol. The molecule has 0 aliphatic heterocycles. The minimum atomic E-state index is -3.80. The van der Waals surface area contributed by atoms with Crippen LogP contribution in [-0.4, -0.2) is 19.8 Å². The van der Waals surface area contributed by atoms with Crippen molar-refractivity contribution in [3.05, 3.63) is 30.1 Å². The second kappa shape index (κ2) is 6.63. The zero-order chi connectivity index (χ0) is 13.8. The Balaban J connectivity index is 2.91. The SMILES string of the molecule is CC(C)CC(CBr)NS(=O)(=O)c1ccccc1F. The average Bonchev–Trinajstić information content (AvgIpc) is 2.27. The molecule has 0 aliphatic rings. The van der Waals surface area contributed by atoms with Crippen molar-refractivity contribution in [1.82, 2.24) is 4.72 Å². The number of nitrogens with one attached hydrogen (secondary N) is 1. The van der Waals surface area contributed by atoms with Crippen molar-refractivity contribution in [3.63, 3.8) is 0 Å². The van der Waals surface area contributed by atoms with E-state index in [1.165, 1.54) is 18.2 Å².